The number of nitrogens with zero attached hydrogens (tertiary/aromatic N) is 3. The first kappa shape index (κ1) is 20.1. The van der Waals surface area contributed by atoms with Gasteiger partial charge in [-0.05, 0) is 61.7 Å². The van der Waals surface area contributed by atoms with Crippen LogP contribution in [0.1, 0.15) is 17.7 Å². The van der Waals surface area contributed by atoms with Crippen LogP contribution >= 0.6 is 0 Å². The van der Waals surface area contributed by atoms with Gasteiger partial charge in [-0.3, -0.25) is 0 Å². The minimum absolute atomic E-state index is 0.206. The Kier molecular flexibility index (Phi) is 5.78. The molecule has 0 bridgehead atoms. The molecule has 7 nitrogen and oxygen atoms in total. The average Bonchev–Trinajstić information content (AvgIpc) is 3.12. The van der Waals surface area contributed by atoms with Gasteiger partial charge in [-0.1, -0.05) is 18.2 Å². The zero-order chi connectivity index (χ0) is 21.0. The van der Waals surface area contributed by atoms with Crippen molar-refractivity contribution in [2.75, 3.05) is 6.54 Å². The highest BCUT2D eigenvalue weighted by Gasteiger charge is 2.13. The summed E-state index contributed by atoms with van der Waals surface area (Å²) in [5.41, 5.74) is 2.72. The summed E-state index contributed by atoms with van der Waals surface area (Å²) < 4.78 is 35.1. The fourth-order valence-electron chi connectivity index (χ4n) is 3.06. The van der Waals surface area contributed by atoms with E-state index in [1.807, 2.05) is 49.5 Å². The van der Waals surface area contributed by atoms with Gasteiger partial charge in [0, 0.05) is 25.0 Å². The third-order valence-corrected chi connectivity index (χ3v) is 6.01. The van der Waals surface area contributed by atoms with Crippen LogP contribution in [0.3, 0.4) is 0 Å². The molecule has 8 heteroatoms. The van der Waals surface area contributed by atoms with E-state index in [0.717, 1.165) is 16.9 Å². The van der Waals surface area contributed by atoms with Gasteiger partial charge in [0.2, 0.25) is 10.0 Å². The van der Waals surface area contributed by atoms with Crippen molar-refractivity contribution in [3.05, 3.63) is 84.3 Å². The van der Waals surface area contributed by atoms with Crippen molar-refractivity contribution < 1.29 is 13.2 Å². The molecule has 0 unspecified atom stereocenters. The first-order valence-electron chi connectivity index (χ1n) is 9.63. The number of hydrogen-bond acceptors (Lipinski definition) is 5. The number of aromatic nitrogens is 3. The molecule has 0 saturated carbocycles. The predicted octanol–water partition coefficient (Wildman–Crippen LogP) is 3.74. The van der Waals surface area contributed by atoms with Crippen LogP contribution in [0.5, 0.6) is 11.5 Å². The Bertz CT molecular complexity index is 1240. The van der Waals surface area contributed by atoms with Crippen LogP contribution in [0.25, 0.3) is 5.65 Å². The highest BCUT2D eigenvalue weighted by molar-refractivity contribution is 7.89. The highest BCUT2D eigenvalue weighted by atomic mass is 32.2. The molecule has 4 rings (SSSR count). The molecule has 0 amide bonds. The van der Waals surface area contributed by atoms with Crippen LogP contribution in [-0.4, -0.2) is 29.6 Å². The molecule has 0 aliphatic rings. The number of sulfonamides is 1. The van der Waals surface area contributed by atoms with Gasteiger partial charge in [0.1, 0.15) is 11.5 Å². The molecule has 30 heavy (non-hydrogen) atoms. The molecule has 2 aromatic carbocycles. The smallest absolute Gasteiger partial charge is 0.240 e. The van der Waals surface area contributed by atoms with Gasteiger partial charge >= 0.3 is 0 Å². The number of aryl methyl sites for hydroxylation is 2. The Labute approximate surface area is 175 Å². The van der Waals surface area contributed by atoms with Crippen LogP contribution in [0.15, 0.2) is 78.0 Å². The van der Waals surface area contributed by atoms with Crippen LogP contribution in [0.4, 0.5) is 0 Å². The van der Waals surface area contributed by atoms with Gasteiger partial charge in [0.15, 0.2) is 5.65 Å². The summed E-state index contributed by atoms with van der Waals surface area (Å²) in [5, 5.41) is 4.35. The lowest BCUT2D eigenvalue weighted by Gasteiger charge is -2.09. The molecular formula is C22H22N4O3S. The number of rotatable bonds is 8. The van der Waals surface area contributed by atoms with Gasteiger partial charge in [-0.15, -0.1) is 0 Å². The van der Waals surface area contributed by atoms with E-state index in [2.05, 4.69) is 14.8 Å². The van der Waals surface area contributed by atoms with Crippen molar-refractivity contribution in [3.63, 3.8) is 0 Å². The molecule has 2 heterocycles. The molecule has 0 spiro atoms. The lowest BCUT2D eigenvalue weighted by atomic mass is 10.2. The third-order valence-electron chi connectivity index (χ3n) is 4.54. The van der Waals surface area contributed by atoms with E-state index in [1.165, 1.54) is 0 Å². The normalized spacial score (nSPS) is 11.6. The Morgan fingerprint density at radius 2 is 1.77 bits per heavy atom. The van der Waals surface area contributed by atoms with Gasteiger partial charge < -0.3 is 4.74 Å². The zero-order valence-corrected chi connectivity index (χ0v) is 17.3. The number of para-hydroxylation sites is 1. The summed E-state index contributed by atoms with van der Waals surface area (Å²) in [6, 6.07) is 17.6. The topological polar surface area (TPSA) is 85.6 Å². The number of fused-ring (bicyclic) bond motifs is 1. The number of benzene rings is 2. The second-order valence-electron chi connectivity index (χ2n) is 6.94. The summed E-state index contributed by atoms with van der Waals surface area (Å²) in [4.78, 5) is 4.57. The standard InChI is InChI=1S/C22H22N4O3S/c1-17-14-22-23-15-18(16-26(22)25-17)6-5-13-24-30(27,28)21-11-9-20(10-12-21)29-19-7-3-2-4-8-19/h2-4,7-12,14-16,24H,5-6,13H2,1H3. The van der Waals surface area contributed by atoms with Gasteiger partial charge in [-0.25, -0.2) is 22.6 Å². The summed E-state index contributed by atoms with van der Waals surface area (Å²) in [5.74, 6) is 1.28. The Balaban J connectivity index is 1.31. The molecule has 0 atom stereocenters. The molecule has 2 aromatic heterocycles. The van der Waals surface area contributed by atoms with E-state index < -0.39 is 10.0 Å². The van der Waals surface area contributed by atoms with Crippen molar-refractivity contribution in [1.82, 2.24) is 19.3 Å². The Morgan fingerprint density at radius 1 is 1.03 bits per heavy atom. The van der Waals surface area contributed by atoms with Crippen LogP contribution in [0, 0.1) is 6.92 Å². The highest BCUT2D eigenvalue weighted by Crippen LogP contribution is 2.22. The van der Waals surface area contributed by atoms with Crippen LogP contribution < -0.4 is 9.46 Å². The number of nitrogens with one attached hydrogen (secondary N) is 1. The molecule has 0 saturated heterocycles. The quantitative estimate of drug-likeness (QED) is 0.437. The lowest BCUT2D eigenvalue weighted by molar-refractivity contribution is 0.482. The Hall–Kier alpha value is -3.23. The molecule has 154 valence electrons. The monoisotopic (exact) mass is 422 g/mol. The maximum Gasteiger partial charge on any atom is 0.240 e. The first-order valence-corrected chi connectivity index (χ1v) is 11.1. The minimum atomic E-state index is -3.57. The van der Waals surface area contributed by atoms with Crippen molar-refractivity contribution in [1.29, 1.82) is 0 Å². The molecule has 0 aliphatic carbocycles. The van der Waals surface area contributed by atoms with Crippen molar-refractivity contribution >= 4 is 15.7 Å². The van der Waals surface area contributed by atoms with E-state index in [4.69, 9.17) is 4.74 Å². The second-order valence-corrected chi connectivity index (χ2v) is 8.71. The maximum atomic E-state index is 12.5. The molecule has 0 radical (unpaired) electrons. The predicted molar refractivity (Wildman–Crippen MR) is 114 cm³/mol. The molecule has 1 N–H and O–H groups in total. The van der Waals surface area contributed by atoms with E-state index >= 15 is 0 Å². The molecular weight excluding hydrogens is 400 g/mol. The molecule has 0 fully saturated rings. The summed E-state index contributed by atoms with van der Waals surface area (Å²) in [6.07, 6.45) is 5.09. The van der Waals surface area contributed by atoms with Crippen LogP contribution in [0.2, 0.25) is 0 Å². The second kappa shape index (κ2) is 8.64. The number of hydrogen-bond donors (Lipinski definition) is 1. The van der Waals surface area contributed by atoms with Gasteiger partial charge in [-0.2, -0.15) is 5.10 Å². The first-order chi connectivity index (χ1) is 14.5. The van der Waals surface area contributed by atoms with Crippen molar-refractivity contribution in [3.8, 4) is 11.5 Å². The van der Waals surface area contributed by atoms with E-state index in [0.29, 0.717) is 30.9 Å². The van der Waals surface area contributed by atoms with Gasteiger partial charge in [0.05, 0.1) is 10.6 Å². The van der Waals surface area contributed by atoms with E-state index in [-0.39, 0.29) is 4.90 Å². The van der Waals surface area contributed by atoms with Crippen molar-refractivity contribution in [2.24, 2.45) is 0 Å². The van der Waals surface area contributed by atoms with Crippen molar-refractivity contribution in [2.45, 2.75) is 24.7 Å². The SMILES string of the molecule is Cc1cc2ncc(CCCNS(=O)(=O)c3ccc(Oc4ccccc4)cc3)cn2n1. The Morgan fingerprint density at radius 3 is 2.53 bits per heavy atom. The number of ether oxygens (including phenoxy) is 1. The summed E-state index contributed by atoms with van der Waals surface area (Å²) in [6.45, 7) is 2.25. The molecule has 4 aromatic rings. The average molecular weight is 423 g/mol. The largest absolute Gasteiger partial charge is 0.457 e. The zero-order valence-electron chi connectivity index (χ0n) is 16.5. The fraction of sp³-hybridized carbons (Fsp3) is 0.182. The molecule has 0 aliphatic heterocycles. The van der Waals surface area contributed by atoms with Gasteiger partial charge in [0.25, 0.3) is 0 Å². The van der Waals surface area contributed by atoms with E-state index in [1.54, 1.807) is 35.0 Å². The van der Waals surface area contributed by atoms with E-state index in [9.17, 15) is 8.42 Å². The summed E-state index contributed by atoms with van der Waals surface area (Å²) >= 11 is 0. The lowest BCUT2D eigenvalue weighted by Crippen LogP contribution is -2.25. The fourth-order valence-corrected chi connectivity index (χ4v) is 4.13. The minimum Gasteiger partial charge on any atom is -0.457 e. The third kappa shape index (κ3) is 4.84. The summed E-state index contributed by atoms with van der Waals surface area (Å²) in [7, 11) is -3.57. The maximum absolute atomic E-state index is 12.5. The van der Waals surface area contributed by atoms with Crippen LogP contribution in [-0.2, 0) is 16.4 Å².